The van der Waals surface area contributed by atoms with Crippen molar-refractivity contribution in [3.05, 3.63) is 54.1 Å². The molecule has 0 saturated carbocycles. The zero-order valence-electron chi connectivity index (χ0n) is 10.9. The zero-order valence-corrected chi connectivity index (χ0v) is 11.7. The molecule has 0 spiro atoms. The van der Waals surface area contributed by atoms with Gasteiger partial charge in [0.15, 0.2) is 5.11 Å². The van der Waals surface area contributed by atoms with E-state index in [1.165, 1.54) is 5.56 Å². The van der Waals surface area contributed by atoms with E-state index in [2.05, 4.69) is 5.32 Å². The van der Waals surface area contributed by atoms with E-state index in [4.69, 9.17) is 12.2 Å². The minimum atomic E-state index is 0.245. The maximum atomic E-state index is 9.28. The minimum absolute atomic E-state index is 0.245. The van der Waals surface area contributed by atoms with E-state index in [1.54, 1.807) is 12.1 Å². The van der Waals surface area contributed by atoms with Crippen LogP contribution in [0.4, 0.5) is 11.4 Å². The molecule has 4 heteroatoms. The highest BCUT2D eigenvalue weighted by molar-refractivity contribution is 7.80. The van der Waals surface area contributed by atoms with Crippen molar-refractivity contribution in [3.63, 3.8) is 0 Å². The molecule has 19 heavy (non-hydrogen) atoms. The first-order valence-electron chi connectivity index (χ1n) is 5.96. The van der Waals surface area contributed by atoms with Gasteiger partial charge in [0.25, 0.3) is 0 Å². The van der Waals surface area contributed by atoms with Gasteiger partial charge in [-0.25, -0.2) is 0 Å². The average Bonchev–Trinajstić information content (AvgIpc) is 2.39. The summed E-state index contributed by atoms with van der Waals surface area (Å²) in [6, 6.07) is 15.0. The molecule has 2 rings (SSSR count). The minimum Gasteiger partial charge on any atom is -0.508 e. The Hall–Kier alpha value is -2.07. The Balaban J connectivity index is 2.09. The van der Waals surface area contributed by atoms with Crippen LogP contribution in [0.2, 0.25) is 0 Å². The van der Waals surface area contributed by atoms with Crippen LogP contribution >= 0.6 is 12.2 Å². The van der Waals surface area contributed by atoms with Gasteiger partial charge in [0, 0.05) is 18.4 Å². The van der Waals surface area contributed by atoms with Gasteiger partial charge < -0.3 is 15.3 Å². The van der Waals surface area contributed by atoms with Crippen molar-refractivity contribution in [2.75, 3.05) is 17.3 Å². The fourth-order valence-corrected chi connectivity index (χ4v) is 1.95. The van der Waals surface area contributed by atoms with Crippen molar-refractivity contribution in [1.82, 2.24) is 0 Å². The lowest BCUT2D eigenvalue weighted by Crippen LogP contribution is -2.30. The number of phenolic OH excluding ortho intramolecular Hbond substituents is 1. The number of aromatic hydroxyl groups is 1. The van der Waals surface area contributed by atoms with Crippen molar-refractivity contribution in [3.8, 4) is 5.75 Å². The highest BCUT2D eigenvalue weighted by Crippen LogP contribution is 2.18. The van der Waals surface area contributed by atoms with Gasteiger partial charge in [-0.2, -0.15) is 0 Å². The van der Waals surface area contributed by atoms with Crippen LogP contribution in [0.3, 0.4) is 0 Å². The molecule has 2 aromatic rings. The number of benzene rings is 2. The van der Waals surface area contributed by atoms with Crippen molar-refractivity contribution in [2.24, 2.45) is 0 Å². The Morgan fingerprint density at radius 2 is 1.84 bits per heavy atom. The zero-order chi connectivity index (χ0) is 13.8. The first-order valence-corrected chi connectivity index (χ1v) is 6.37. The number of hydrogen-bond acceptors (Lipinski definition) is 2. The highest BCUT2D eigenvalue weighted by atomic mass is 32.1. The number of nitrogens with one attached hydrogen (secondary N) is 1. The van der Waals surface area contributed by atoms with E-state index in [1.807, 2.05) is 55.3 Å². The average molecular weight is 272 g/mol. The summed E-state index contributed by atoms with van der Waals surface area (Å²) < 4.78 is 0. The smallest absolute Gasteiger partial charge is 0.177 e. The molecular formula is C15H16N2OS. The third kappa shape index (κ3) is 3.45. The van der Waals surface area contributed by atoms with Gasteiger partial charge in [-0.05, 0) is 61.1 Å². The van der Waals surface area contributed by atoms with Gasteiger partial charge in [-0.1, -0.05) is 12.1 Å². The molecule has 0 aliphatic carbocycles. The predicted molar refractivity (Wildman–Crippen MR) is 83.9 cm³/mol. The number of thiocarbonyl (C=S) groups is 1. The second-order valence-corrected chi connectivity index (χ2v) is 4.76. The Morgan fingerprint density at radius 1 is 1.16 bits per heavy atom. The first-order chi connectivity index (χ1) is 9.06. The van der Waals surface area contributed by atoms with Gasteiger partial charge in [0.2, 0.25) is 0 Å². The van der Waals surface area contributed by atoms with Gasteiger partial charge in [-0.3, -0.25) is 0 Å². The summed E-state index contributed by atoms with van der Waals surface area (Å²) in [5, 5.41) is 13.1. The van der Waals surface area contributed by atoms with Crippen LogP contribution in [0.25, 0.3) is 0 Å². The van der Waals surface area contributed by atoms with E-state index < -0.39 is 0 Å². The normalized spacial score (nSPS) is 10.0. The second-order valence-electron chi connectivity index (χ2n) is 4.38. The van der Waals surface area contributed by atoms with E-state index in [-0.39, 0.29) is 5.75 Å². The van der Waals surface area contributed by atoms with E-state index in [9.17, 15) is 5.11 Å². The number of aryl methyl sites for hydroxylation is 1. The van der Waals surface area contributed by atoms with E-state index >= 15 is 0 Å². The number of nitrogens with zero attached hydrogens (tertiary/aromatic N) is 1. The van der Waals surface area contributed by atoms with Crippen LogP contribution in [0.15, 0.2) is 48.5 Å². The van der Waals surface area contributed by atoms with Crippen LogP contribution < -0.4 is 10.2 Å². The third-order valence-corrected chi connectivity index (χ3v) is 3.19. The molecule has 0 aliphatic heterocycles. The van der Waals surface area contributed by atoms with E-state index in [0.717, 1.165) is 11.4 Å². The summed E-state index contributed by atoms with van der Waals surface area (Å²) in [7, 11) is 1.89. The van der Waals surface area contributed by atoms with Crippen molar-refractivity contribution in [1.29, 1.82) is 0 Å². The molecule has 0 bridgehead atoms. The molecule has 0 heterocycles. The number of hydrogen-bond donors (Lipinski definition) is 2. The molecule has 2 N–H and O–H groups in total. The SMILES string of the molecule is Cc1cccc(NC(=S)N(C)c2ccc(O)cc2)c1. The third-order valence-electron chi connectivity index (χ3n) is 2.81. The van der Waals surface area contributed by atoms with Crippen molar-refractivity contribution >= 4 is 28.7 Å². The molecule has 0 fully saturated rings. The molecule has 3 nitrogen and oxygen atoms in total. The highest BCUT2D eigenvalue weighted by Gasteiger charge is 2.07. The standard InChI is InChI=1S/C15H16N2OS/c1-11-4-3-5-12(10-11)16-15(19)17(2)13-6-8-14(18)9-7-13/h3-10,18H,1-2H3,(H,16,19). The summed E-state index contributed by atoms with van der Waals surface area (Å²) >= 11 is 5.37. The molecule has 98 valence electrons. The molecular weight excluding hydrogens is 256 g/mol. The van der Waals surface area contributed by atoms with Crippen LogP contribution in [0.1, 0.15) is 5.56 Å². The molecule has 0 radical (unpaired) electrons. The summed E-state index contributed by atoms with van der Waals surface area (Å²) in [4.78, 5) is 1.86. The maximum Gasteiger partial charge on any atom is 0.177 e. The quantitative estimate of drug-likeness (QED) is 0.820. The molecule has 0 aromatic heterocycles. The summed E-state index contributed by atoms with van der Waals surface area (Å²) in [5.41, 5.74) is 3.07. The van der Waals surface area contributed by atoms with Crippen LogP contribution in [0.5, 0.6) is 5.75 Å². The van der Waals surface area contributed by atoms with Crippen molar-refractivity contribution in [2.45, 2.75) is 6.92 Å². The Kier molecular flexibility index (Phi) is 4.02. The second kappa shape index (κ2) is 5.71. The fraction of sp³-hybridized carbons (Fsp3) is 0.133. The largest absolute Gasteiger partial charge is 0.508 e. The predicted octanol–water partition coefficient (Wildman–Crippen LogP) is 3.53. The lowest BCUT2D eigenvalue weighted by Gasteiger charge is -2.21. The Morgan fingerprint density at radius 3 is 2.47 bits per heavy atom. The summed E-state index contributed by atoms with van der Waals surface area (Å²) in [6.07, 6.45) is 0. The maximum absolute atomic E-state index is 9.28. The van der Waals surface area contributed by atoms with Crippen LogP contribution in [-0.4, -0.2) is 17.3 Å². The topological polar surface area (TPSA) is 35.5 Å². The van der Waals surface area contributed by atoms with Crippen LogP contribution in [-0.2, 0) is 0 Å². The lowest BCUT2D eigenvalue weighted by molar-refractivity contribution is 0.475. The molecule has 2 aromatic carbocycles. The molecule has 0 unspecified atom stereocenters. The number of phenols is 1. The Labute approximate surface area is 118 Å². The van der Waals surface area contributed by atoms with Crippen LogP contribution in [0, 0.1) is 6.92 Å². The molecule has 0 aliphatic rings. The van der Waals surface area contributed by atoms with Crippen molar-refractivity contribution < 1.29 is 5.11 Å². The molecule has 0 amide bonds. The van der Waals surface area contributed by atoms with E-state index in [0.29, 0.717) is 5.11 Å². The number of rotatable bonds is 2. The summed E-state index contributed by atoms with van der Waals surface area (Å²) in [5.74, 6) is 0.245. The van der Waals surface area contributed by atoms with Gasteiger partial charge in [-0.15, -0.1) is 0 Å². The Bertz CT molecular complexity index is 581. The fourth-order valence-electron chi connectivity index (χ4n) is 1.72. The van der Waals surface area contributed by atoms with Gasteiger partial charge in [0.05, 0.1) is 0 Å². The monoisotopic (exact) mass is 272 g/mol. The van der Waals surface area contributed by atoms with Gasteiger partial charge in [0.1, 0.15) is 5.75 Å². The molecule has 0 saturated heterocycles. The number of anilines is 2. The lowest BCUT2D eigenvalue weighted by atomic mass is 10.2. The summed E-state index contributed by atoms with van der Waals surface area (Å²) in [6.45, 7) is 2.04. The van der Waals surface area contributed by atoms with Gasteiger partial charge >= 0.3 is 0 Å². The first kappa shape index (κ1) is 13.4. The molecule has 0 atom stereocenters.